The molecule has 0 aromatic carbocycles. The summed E-state index contributed by atoms with van der Waals surface area (Å²) in [6.07, 6.45) is 4.15. The van der Waals surface area contributed by atoms with Gasteiger partial charge in [-0.25, -0.2) is 0 Å². The molecule has 0 bridgehead atoms. The zero-order valence-corrected chi connectivity index (χ0v) is 11.6. The van der Waals surface area contributed by atoms with Crippen LogP contribution in [-0.4, -0.2) is 60.5 Å². The molecular formula is C14H22N2O3. The number of hydrogen-bond acceptors (Lipinski definition) is 4. The minimum absolute atomic E-state index is 0.140. The van der Waals surface area contributed by atoms with Gasteiger partial charge in [0.25, 0.3) is 0 Å². The molecule has 106 valence electrons. The first-order valence-electron chi connectivity index (χ1n) is 7.30. The molecule has 1 spiro atoms. The average Bonchev–Trinajstić information content (AvgIpc) is 2.98. The standard InChI is InChI=1S/C14H22N2O3/c1-15-6-8-16(9-7-15)13(18)11-10-12(17)19-14(11)4-2-3-5-14/h11H,2-10H2,1H3. The lowest BCUT2D eigenvalue weighted by molar-refractivity contribution is -0.152. The fourth-order valence-electron chi connectivity index (χ4n) is 3.68. The molecule has 0 radical (unpaired) electrons. The first kappa shape index (κ1) is 12.9. The van der Waals surface area contributed by atoms with Gasteiger partial charge in [-0.15, -0.1) is 0 Å². The second-order valence-electron chi connectivity index (χ2n) is 6.13. The zero-order chi connectivity index (χ0) is 13.5. The van der Waals surface area contributed by atoms with Crippen LogP contribution in [-0.2, 0) is 14.3 Å². The Morgan fingerprint density at radius 2 is 1.84 bits per heavy atom. The van der Waals surface area contributed by atoms with Crippen LogP contribution in [0.25, 0.3) is 0 Å². The maximum absolute atomic E-state index is 12.7. The van der Waals surface area contributed by atoms with Gasteiger partial charge >= 0.3 is 5.97 Å². The SMILES string of the molecule is CN1CCN(C(=O)C2CC(=O)OC23CCCC3)CC1. The van der Waals surface area contributed by atoms with Crippen LogP contribution in [0.1, 0.15) is 32.1 Å². The number of carbonyl (C=O) groups excluding carboxylic acids is 2. The molecule has 3 fully saturated rings. The molecule has 1 atom stereocenters. The summed E-state index contributed by atoms with van der Waals surface area (Å²) < 4.78 is 5.56. The van der Waals surface area contributed by atoms with Crippen molar-refractivity contribution in [3.63, 3.8) is 0 Å². The van der Waals surface area contributed by atoms with Gasteiger partial charge in [0.2, 0.25) is 5.91 Å². The normalized spacial score (nSPS) is 30.9. The Kier molecular flexibility index (Phi) is 3.25. The van der Waals surface area contributed by atoms with E-state index < -0.39 is 5.60 Å². The predicted octanol–water partition coefficient (Wildman–Crippen LogP) is 0.636. The van der Waals surface area contributed by atoms with Crippen molar-refractivity contribution in [2.24, 2.45) is 5.92 Å². The third-order valence-corrected chi connectivity index (χ3v) is 4.89. The maximum Gasteiger partial charge on any atom is 0.307 e. The number of rotatable bonds is 1. The maximum atomic E-state index is 12.7. The van der Waals surface area contributed by atoms with Crippen molar-refractivity contribution in [1.29, 1.82) is 0 Å². The molecule has 1 unspecified atom stereocenters. The second kappa shape index (κ2) is 4.78. The molecule has 3 aliphatic rings. The minimum atomic E-state index is -0.461. The van der Waals surface area contributed by atoms with Gasteiger partial charge in [0.05, 0.1) is 12.3 Å². The van der Waals surface area contributed by atoms with E-state index in [0.29, 0.717) is 0 Å². The van der Waals surface area contributed by atoms with Crippen LogP contribution in [0.5, 0.6) is 0 Å². The summed E-state index contributed by atoms with van der Waals surface area (Å²) in [5.74, 6) is -0.277. The van der Waals surface area contributed by atoms with E-state index in [-0.39, 0.29) is 24.2 Å². The van der Waals surface area contributed by atoms with Crippen LogP contribution in [0, 0.1) is 5.92 Å². The van der Waals surface area contributed by atoms with E-state index in [4.69, 9.17) is 4.74 Å². The summed E-state index contributed by atoms with van der Waals surface area (Å²) in [7, 11) is 2.07. The van der Waals surface area contributed by atoms with Gasteiger partial charge in [-0.3, -0.25) is 9.59 Å². The summed E-state index contributed by atoms with van der Waals surface area (Å²) in [5, 5.41) is 0. The van der Waals surface area contributed by atoms with Crippen molar-refractivity contribution >= 4 is 11.9 Å². The Morgan fingerprint density at radius 1 is 1.21 bits per heavy atom. The van der Waals surface area contributed by atoms with Gasteiger partial charge < -0.3 is 14.5 Å². The first-order valence-corrected chi connectivity index (χ1v) is 7.30. The highest BCUT2D eigenvalue weighted by Crippen LogP contribution is 2.46. The van der Waals surface area contributed by atoms with Gasteiger partial charge in [0.15, 0.2) is 0 Å². The number of carbonyl (C=O) groups is 2. The predicted molar refractivity (Wildman–Crippen MR) is 69.5 cm³/mol. The van der Waals surface area contributed by atoms with Crippen molar-refractivity contribution in [3.05, 3.63) is 0 Å². The van der Waals surface area contributed by atoms with Crippen molar-refractivity contribution in [2.75, 3.05) is 33.2 Å². The Bertz CT molecular complexity index is 382. The molecule has 0 aromatic rings. The number of hydrogen-bond donors (Lipinski definition) is 0. The third kappa shape index (κ3) is 2.24. The quantitative estimate of drug-likeness (QED) is 0.653. The van der Waals surface area contributed by atoms with Crippen molar-refractivity contribution < 1.29 is 14.3 Å². The van der Waals surface area contributed by atoms with Crippen molar-refractivity contribution in [3.8, 4) is 0 Å². The Balaban J connectivity index is 1.73. The molecule has 0 N–H and O–H groups in total. The summed E-state index contributed by atoms with van der Waals surface area (Å²) in [4.78, 5) is 28.5. The number of likely N-dealkylation sites (N-methyl/N-ethyl adjacent to an activating group) is 1. The third-order valence-electron chi connectivity index (χ3n) is 4.89. The Hall–Kier alpha value is -1.10. The first-order chi connectivity index (χ1) is 9.11. The fraction of sp³-hybridized carbons (Fsp3) is 0.857. The highest BCUT2D eigenvalue weighted by Gasteiger charge is 2.54. The molecule has 19 heavy (non-hydrogen) atoms. The lowest BCUT2D eigenvalue weighted by Crippen LogP contribution is -2.52. The average molecular weight is 266 g/mol. The summed E-state index contributed by atoms with van der Waals surface area (Å²) in [6.45, 7) is 3.38. The lowest BCUT2D eigenvalue weighted by atomic mass is 9.84. The largest absolute Gasteiger partial charge is 0.458 e. The van der Waals surface area contributed by atoms with Crippen molar-refractivity contribution in [1.82, 2.24) is 9.80 Å². The molecule has 5 heteroatoms. The number of esters is 1. The Labute approximate surface area is 113 Å². The van der Waals surface area contributed by atoms with Crippen molar-refractivity contribution in [2.45, 2.75) is 37.7 Å². The molecule has 3 rings (SSSR count). The zero-order valence-electron chi connectivity index (χ0n) is 11.6. The van der Waals surface area contributed by atoms with Crippen LogP contribution < -0.4 is 0 Å². The topological polar surface area (TPSA) is 49.9 Å². The number of ether oxygens (including phenoxy) is 1. The number of piperazine rings is 1. The van der Waals surface area contributed by atoms with E-state index in [1.807, 2.05) is 4.90 Å². The summed E-state index contributed by atoms with van der Waals surface area (Å²) >= 11 is 0. The highest BCUT2D eigenvalue weighted by atomic mass is 16.6. The lowest BCUT2D eigenvalue weighted by Gasteiger charge is -2.36. The molecule has 1 saturated carbocycles. The Morgan fingerprint density at radius 3 is 2.47 bits per heavy atom. The second-order valence-corrected chi connectivity index (χ2v) is 6.13. The van der Waals surface area contributed by atoms with Crippen LogP contribution in [0.15, 0.2) is 0 Å². The van der Waals surface area contributed by atoms with Crippen LogP contribution in [0.4, 0.5) is 0 Å². The monoisotopic (exact) mass is 266 g/mol. The van der Waals surface area contributed by atoms with Crippen LogP contribution in [0.3, 0.4) is 0 Å². The molecule has 2 heterocycles. The van der Waals surface area contributed by atoms with E-state index in [9.17, 15) is 9.59 Å². The number of amides is 1. The van der Waals surface area contributed by atoms with Gasteiger partial charge in [-0.2, -0.15) is 0 Å². The molecule has 1 aliphatic carbocycles. The minimum Gasteiger partial charge on any atom is -0.458 e. The summed E-state index contributed by atoms with van der Waals surface area (Å²) in [6, 6.07) is 0. The molecule has 1 amide bonds. The smallest absolute Gasteiger partial charge is 0.307 e. The van der Waals surface area contributed by atoms with E-state index >= 15 is 0 Å². The van der Waals surface area contributed by atoms with Crippen LogP contribution >= 0.6 is 0 Å². The highest BCUT2D eigenvalue weighted by molar-refractivity contribution is 5.88. The van der Waals surface area contributed by atoms with Gasteiger partial charge in [0.1, 0.15) is 5.60 Å². The van der Waals surface area contributed by atoms with E-state index in [1.54, 1.807) is 0 Å². The molecule has 0 aromatic heterocycles. The van der Waals surface area contributed by atoms with Crippen LogP contribution in [0.2, 0.25) is 0 Å². The molecular weight excluding hydrogens is 244 g/mol. The van der Waals surface area contributed by atoms with Gasteiger partial charge in [-0.1, -0.05) is 0 Å². The van der Waals surface area contributed by atoms with E-state index in [2.05, 4.69) is 11.9 Å². The molecule has 5 nitrogen and oxygen atoms in total. The van der Waals surface area contributed by atoms with E-state index in [0.717, 1.165) is 51.9 Å². The van der Waals surface area contributed by atoms with Gasteiger partial charge in [0, 0.05) is 26.2 Å². The molecule has 2 aliphatic heterocycles. The van der Waals surface area contributed by atoms with E-state index in [1.165, 1.54) is 0 Å². The number of nitrogens with zero attached hydrogens (tertiary/aromatic N) is 2. The fourth-order valence-corrected chi connectivity index (χ4v) is 3.68. The van der Waals surface area contributed by atoms with Gasteiger partial charge in [-0.05, 0) is 32.7 Å². The summed E-state index contributed by atoms with van der Waals surface area (Å²) in [5.41, 5.74) is -0.461. The molecule has 2 saturated heterocycles.